The van der Waals surface area contributed by atoms with E-state index in [2.05, 4.69) is 46.8 Å². The second-order valence-electron chi connectivity index (χ2n) is 7.30. The fourth-order valence-corrected chi connectivity index (χ4v) is 2.88. The van der Waals surface area contributed by atoms with Crippen molar-refractivity contribution in [2.45, 2.75) is 59.8 Å². The van der Waals surface area contributed by atoms with Crippen LogP contribution in [0.5, 0.6) is 0 Å². The highest BCUT2D eigenvalue weighted by molar-refractivity contribution is 5.72. The molecule has 1 aromatic rings. The first-order chi connectivity index (χ1) is 9.14. The van der Waals surface area contributed by atoms with E-state index in [9.17, 15) is 4.79 Å². The molecule has 1 aromatic carbocycles. The van der Waals surface area contributed by atoms with Crippen LogP contribution in [0.15, 0.2) is 24.3 Å². The predicted octanol–water partition coefficient (Wildman–Crippen LogP) is 4.51. The lowest BCUT2D eigenvalue weighted by molar-refractivity contribution is -0.142. The average Bonchev–Trinajstić information content (AvgIpc) is 2.26. The number of ether oxygens (including phenoxy) is 1. The minimum absolute atomic E-state index is 0.140. The third-order valence-electron chi connectivity index (χ3n) is 3.36. The van der Waals surface area contributed by atoms with Gasteiger partial charge in [0.1, 0.15) is 0 Å². The molecule has 0 aliphatic carbocycles. The molecule has 0 N–H and O–H groups in total. The molecule has 0 spiro atoms. The van der Waals surface area contributed by atoms with Crippen molar-refractivity contribution >= 4 is 5.97 Å². The first kappa shape index (κ1) is 16.7. The van der Waals surface area contributed by atoms with E-state index in [1.54, 1.807) is 0 Å². The van der Waals surface area contributed by atoms with Gasteiger partial charge in [-0.05, 0) is 35.3 Å². The molecule has 2 nitrogen and oxygen atoms in total. The van der Waals surface area contributed by atoms with Gasteiger partial charge in [0, 0.05) is 0 Å². The van der Waals surface area contributed by atoms with Crippen LogP contribution in [0.4, 0.5) is 0 Å². The number of rotatable bonds is 5. The van der Waals surface area contributed by atoms with Gasteiger partial charge in [0.2, 0.25) is 0 Å². The Morgan fingerprint density at radius 2 is 1.60 bits per heavy atom. The van der Waals surface area contributed by atoms with E-state index in [1.165, 1.54) is 5.56 Å². The predicted molar refractivity (Wildman–Crippen MR) is 83.9 cm³/mol. The van der Waals surface area contributed by atoms with Crippen LogP contribution in [0, 0.1) is 5.41 Å². The molecule has 0 fully saturated rings. The van der Waals surface area contributed by atoms with Gasteiger partial charge in [-0.25, -0.2) is 0 Å². The quantitative estimate of drug-likeness (QED) is 0.740. The van der Waals surface area contributed by atoms with E-state index in [0.717, 1.165) is 12.0 Å². The molecular weight excluding hydrogens is 248 g/mol. The Balaban J connectivity index is 2.78. The van der Waals surface area contributed by atoms with Gasteiger partial charge in [0.15, 0.2) is 0 Å². The Bertz CT molecular complexity index is 435. The zero-order chi connectivity index (χ0) is 15.4. The zero-order valence-corrected chi connectivity index (χ0v) is 13.7. The molecule has 0 aliphatic heterocycles. The van der Waals surface area contributed by atoms with E-state index >= 15 is 0 Å². The van der Waals surface area contributed by atoms with Gasteiger partial charge in [-0.1, -0.05) is 58.9 Å². The standard InChI is InChI=1S/C18H28O2/c1-7-20-16(19)12-14-8-10-15(11-9-14)18(5,6)13-17(2,3)4/h8-11H,7,12-13H2,1-6H3. The molecule has 2 heteroatoms. The van der Waals surface area contributed by atoms with Gasteiger partial charge < -0.3 is 4.74 Å². The second-order valence-corrected chi connectivity index (χ2v) is 7.30. The summed E-state index contributed by atoms with van der Waals surface area (Å²) in [5.74, 6) is -0.158. The SMILES string of the molecule is CCOC(=O)Cc1ccc(C(C)(C)CC(C)(C)C)cc1. The summed E-state index contributed by atoms with van der Waals surface area (Å²) in [6, 6.07) is 8.36. The minimum atomic E-state index is -0.158. The molecule has 0 saturated carbocycles. The van der Waals surface area contributed by atoms with Gasteiger partial charge in [-0.15, -0.1) is 0 Å². The Labute approximate surface area is 123 Å². The topological polar surface area (TPSA) is 26.3 Å². The van der Waals surface area contributed by atoms with E-state index in [0.29, 0.717) is 18.4 Å². The van der Waals surface area contributed by atoms with Gasteiger partial charge in [-0.3, -0.25) is 4.79 Å². The highest BCUT2D eigenvalue weighted by atomic mass is 16.5. The van der Waals surface area contributed by atoms with Crippen LogP contribution in [0.2, 0.25) is 0 Å². The lowest BCUT2D eigenvalue weighted by Crippen LogP contribution is -2.24. The average molecular weight is 276 g/mol. The van der Waals surface area contributed by atoms with Crippen molar-refractivity contribution < 1.29 is 9.53 Å². The molecule has 0 radical (unpaired) electrons. The summed E-state index contributed by atoms with van der Waals surface area (Å²) in [6.45, 7) is 13.6. The number of esters is 1. The fourth-order valence-electron chi connectivity index (χ4n) is 2.88. The summed E-state index contributed by atoms with van der Waals surface area (Å²) >= 11 is 0. The Kier molecular flexibility index (Phi) is 5.38. The molecule has 0 unspecified atom stereocenters. The lowest BCUT2D eigenvalue weighted by Gasteiger charge is -2.33. The first-order valence-electron chi connectivity index (χ1n) is 7.39. The maximum absolute atomic E-state index is 11.5. The number of benzene rings is 1. The van der Waals surface area contributed by atoms with Crippen LogP contribution >= 0.6 is 0 Å². The van der Waals surface area contributed by atoms with E-state index in [4.69, 9.17) is 4.74 Å². The molecule has 0 saturated heterocycles. The minimum Gasteiger partial charge on any atom is -0.466 e. The molecule has 1 rings (SSSR count). The second kappa shape index (κ2) is 6.43. The fraction of sp³-hybridized carbons (Fsp3) is 0.611. The van der Waals surface area contributed by atoms with Crippen LogP contribution in [-0.2, 0) is 21.4 Å². The van der Waals surface area contributed by atoms with Crippen molar-refractivity contribution in [2.24, 2.45) is 5.41 Å². The summed E-state index contributed by atoms with van der Waals surface area (Å²) < 4.78 is 4.97. The van der Waals surface area contributed by atoms with Crippen molar-refractivity contribution in [2.75, 3.05) is 6.61 Å². The van der Waals surface area contributed by atoms with Crippen LogP contribution < -0.4 is 0 Å². The van der Waals surface area contributed by atoms with Crippen molar-refractivity contribution in [3.8, 4) is 0 Å². The first-order valence-corrected chi connectivity index (χ1v) is 7.39. The molecule has 112 valence electrons. The highest BCUT2D eigenvalue weighted by Crippen LogP contribution is 2.36. The van der Waals surface area contributed by atoms with Crippen LogP contribution in [0.3, 0.4) is 0 Å². The van der Waals surface area contributed by atoms with Gasteiger partial charge in [0.05, 0.1) is 13.0 Å². The summed E-state index contributed by atoms with van der Waals surface area (Å²) in [6.07, 6.45) is 1.48. The molecule has 0 aromatic heterocycles. The van der Waals surface area contributed by atoms with Crippen molar-refractivity contribution in [3.63, 3.8) is 0 Å². The molecule has 20 heavy (non-hydrogen) atoms. The Morgan fingerprint density at radius 1 is 1.05 bits per heavy atom. The third-order valence-corrected chi connectivity index (χ3v) is 3.36. The molecule has 0 bridgehead atoms. The monoisotopic (exact) mass is 276 g/mol. The van der Waals surface area contributed by atoms with Gasteiger partial charge >= 0.3 is 5.97 Å². The van der Waals surface area contributed by atoms with Crippen molar-refractivity contribution in [3.05, 3.63) is 35.4 Å². The summed E-state index contributed by atoms with van der Waals surface area (Å²) in [4.78, 5) is 11.5. The summed E-state index contributed by atoms with van der Waals surface area (Å²) in [5.41, 5.74) is 2.77. The number of carbonyl (C=O) groups excluding carboxylic acids is 1. The van der Waals surface area contributed by atoms with E-state index < -0.39 is 0 Å². The molecular formula is C18H28O2. The molecule has 0 atom stereocenters. The maximum atomic E-state index is 11.5. The van der Waals surface area contributed by atoms with Crippen LogP contribution in [0.25, 0.3) is 0 Å². The maximum Gasteiger partial charge on any atom is 0.310 e. The molecule has 0 aliphatic rings. The van der Waals surface area contributed by atoms with Gasteiger partial charge in [-0.2, -0.15) is 0 Å². The highest BCUT2D eigenvalue weighted by Gasteiger charge is 2.27. The number of hydrogen-bond acceptors (Lipinski definition) is 2. The van der Waals surface area contributed by atoms with Crippen LogP contribution in [0.1, 0.15) is 59.1 Å². The zero-order valence-electron chi connectivity index (χ0n) is 13.7. The van der Waals surface area contributed by atoms with E-state index in [1.807, 2.05) is 19.1 Å². The van der Waals surface area contributed by atoms with Crippen molar-refractivity contribution in [1.29, 1.82) is 0 Å². The molecule has 0 amide bonds. The number of hydrogen-bond donors (Lipinski definition) is 0. The Hall–Kier alpha value is -1.31. The smallest absolute Gasteiger partial charge is 0.310 e. The van der Waals surface area contributed by atoms with Crippen LogP contribution in [-0.4, -0.2) is 12.6 Å². The summed E-state index contributed by atoms with van der Waals surface area (Å²) in [7, 11) is 0. The molecule has 0 heterocycles. The lowest BCUT2D eigenvalue weighted by atomic mass is 9.72. The largest absolute Gasteiger partial charge is 0.466 e. The normalized spacial score (nSPS) is 12.3. The van der Waals surface area contributed by atoms with E-state index in [-0.39, 0.29) is 11.4 Å². The third kappa shape index (κ3) is 5.36. The van der Waals surface area contributed by atoms with Gasteiger partial charge in [0.25, 0.3) is 0 Å². The van der Waals surface area contributed by atoms with Crippen molar-refractivity contribution in [1.82, 2.24) is 0 Å². The summed E-state index contributed by atoms with van der Waals surface area (Å²) in [5, 5.41) is 0. The number of carbonyl (C=O) groups is 1. The Morgan fingerprint density at radius 3 is 2.05 bits per heavy atom.